The van der Waals surface area contributed by atoms with Crippen molar-refractivity contribution in [2.45, 2.75) is 12.8 Å². The standard InChI is InChI=1S/C20H20N2O4/c1-24-16-8-6-14(7-9-16)18-13-21-20(26-18)11-10-19(23)22-15-4-3-5-17(12-15)25-2/h3-9,12-13H,10-11H2,1-2H3,(H,22,23). The van der Waals surface area contributed by atoms with Crippen molar-refractivity contribution < 1.29 is 18.7 Å². The molecule has 0 aliphatic rings. The number of oxazole rings is 1. The lowest BCUT2D eigenvalue weighted by Crippen LogP contribution is -2.12. The summed E-state index contributed by atoms with van der Waals surface area (Å²) in [5.41, 5.74) is 1.60. The topological polar surface area (TPSA) is 73.6 Å². The summed E-state index contributed by atoms with van der Waals surface area (Å²) in [6.07, 6.45) is 2.36. The van der Waals surface area contributed by atoms with Gasteiger partial charge in [0, 0.05) is 30.2 Å². The second-order valence-corrected chi connectivity index (χ2v) is 5.63. The van der Waals surface area contributed by atoms with Crippen LogP contribution in [0.25, 0.3) is 11.3 Å². The van der Waals surface area contributed by atoms with Crippen molar-refractivity contribution >= 4 is 11.6 Å². The number of nitrogens with one attached hydrogen (secondary N) is 1. The van der Waals surface area contributed by atoms with Gasteiger partial charge in [0.25, 0.3) is 0 Å². The van der Waals surface area contributed by atoms with E-state index in [1.807, 2.05) is 42.5 Å². The summed E-state index contributed by atoms with van der Waals surface area (Å²) in [5.74, 6) is 2.55. The molecule has 6 heteroatoms. The Morgan fingerprint density at radius 1 is 1.08 bits per heavy atom. The van der Waals surface area contributed by atoms with E-state index in [9.17, 15) is 4.79 Å². The number of carbonyl (C=O) groups excluding carboxylic acids is 1. The fourth-order valence-electron chi connectivity index (χ4n) is 2.46. The van der Waals surface area contributed by atoms with Gasteiger partial charge in [-0.25, -0.2) is 4.98 Å². The Bertz CT molecular complexity index is 872. The molecule has 0 bridgehead atoms. The number of carbonyl (C=O) groups is 1. The molecule has 0 unspecified atom stereocenters. The molecule has 1 amide bonds. The van der Waals surface area contributed by atoms with Crippen LogP contribution in [0.4, 0.5) is 5.69 Å². The van der Waals surface area contributed by atoms with Crippen LogP contribution in [0.1, 0.15) is 12.3 Å². The summed E-state index contributed by atoms with van der Waals surface area (Å²) >= 11 is 0. The molecule has 26 heavy (non-hydrogen) atoms. The number of rotatable bonds is 7. The van der Waals surface area contributed by atoms with Gasteiger partial charge >= 0.3 is 0 Å². The number of aromatic nitrogens is 1. The molecule has 1 heterocycles. The molecular weight excluding hydrogens is 332 g/mol. The molecule has 0 radical (unpaired) electrons. The van der Waals surface area contributed by atoms with Gasteiger partial charge in [-0.3, -0.25) is 4.79 Å². The van der Waals surface area contributed by atoms with Crippen LogP contribution in [0.3, 0.4) is 0 Å². The maximum atomic E-state index is 12.1. The molecule has 2 aromatic carbocycles. The van der Waals surface area contributed by atoms with Crippen molar-refractivity contribution in [1.29, 1.82) is 0 Å². The summed E-state index contributed by atoms with van der Waals surface area (Å²) in [7, 11) is 3.21. The molecule has 0 spiro atoms. The van der Waals surface area contributed by atoms with E-state index < -0.39 is 0 Å². The second kappa shape index (κ2) is 8.20. The Balaban J connectivity index is 1.56. The molecule has 0 saturated carbocycles. The Labute approximate surface area is 151 Å². The third kappa shape index (κ3) is 4.42. The van der Waals surface area contributed by atoms with Gasteiger partial charge in [0.2, 0.25) is 5.91 Å². The van der Waals surface area contributed by atoms with Gasteiger partial charge in [-0.05, 0) is 36.4 Å². The predicted octanol–water partition coefficient (Wildman–Crippen LogP) is 3.93. The van der Waals surface area contributed by atoms with Gasteiger partial charge in [-0.2, -0.15) is 0 Å². The van der Waals surface area contributed by atoms with Crippen molar-refractivity contribution in [2.24, 2.45) is 0 Å². The van der Waals surface area contributed by atoms with Crippen LogP contribution < -0.4 is 14.8 Å². The third-order valence-corrected chi connectivity index (χ3v) is 3.85. The summed E-state index contributed by atoms with van der Waals surface area (Å²) in [6, 6.07) is 14.8. The summed E-state index contributed by atoms with van der Waals surface area (Å²) in [5, 5.41) is 2.84. The molecular formula is C20H20N2O4. The van der Waals surface area contributed by atoms with E-state index in [0.29, 0.717) is 29.5 Å². The highest BCUT2D eigenvalue weighted by atomic mass is 16.5. The summed E-state index contributed by atoms with van der Waals surface area (Å²) in [4.78, 5) is 16.3. The Morgan fingerprint density at radius 3 is 2.58 bits per heavy atom. The normalized spacial score (nSPS) is 10.4. The van der Waals surface area contributed by atoms with Gasteiger partial charge < -0.3 is 19.2 Å². The summed E-state index contributed by atoms with van der Waals surface area (Å²) < 4.78 is 16.0. The van der Waals surface area contributed by atoms with Crippen molar-refractivity contribution in [3.63, 3.8) is 0 Å². The van der Waals surface area contributed by atoms with Crippen LogP contribution in [-0.4, -0.2) is 25.1 Å². The molecule has 0 atom stereocenters. The van der Waals surface area contributed by atoms with E-state index in [0.717, 1.165) is 11.3 Å². The maximum Gasteiger partial charge on any atom is 0.224 e. The van der Waals surface area contributed by atoms with Crippen molar-refractivity contribution in [2.75, 3.05) is 19.5 Å². The first kappa shape index (κ1) is 17.5. The molecule has 0 fully saturated rings. The lowest BCUT2D eigenvalue weighted by atomic mass is 10.2. The molecule has 3 aromatic rings. The van der Waals surface area contributed by atoms with Crippen LogP contribution in [0, 0.1) is 0 Å². The van der Waals surface area contributed by atoms with Crippen LogP contribution in [0.5, 0.6) is 11.5 Å². The maximum absolute atomic E-state index is 12.1. The van der Waals surface area contributed by atoms with Gasteiger partial charge in [-0.1, -0.05) is 6.07 Å². The van der Waals surface area contributed by atoms with Crippen molar-refractivity contribution in [3.8, 4) is 22.8 Å². The number of anilines is 1. The lowest BCUT2D eigenvalue weighted by Gasteiger charge is -2.06. The average molecular weight is 352 g/mol. The minimum atomic E-state index is -0.109. The van der Waals surface area contributed by atoms with Crippen molar-refractivity contribution in [3.05, 3.63) is 60.6 Å². The van der Waals surface area contributed by atoms with Crippen molar-refractivity contribution in [1.82, 2.24) is 4.98 Å². The average Bonchev–Trinajstić information content (AvgIpc) is 3.15. The van der Waals surface area contributed by atoms with Crippen LogP contribution in [-0.2, 0) is 11.2 Å². The van der Waals surface area contributed by atoms with Crippen LogP contribution in [0.2, 0.25) is 0 Å². The van der Waals surface area contributed by atoms with Gasteiger partial charge in [0.15, 0.2) is 11.7 Å². The predicted molar refractivity (Wildman–Crippen MR) is 98.4 cm³/mol. The highest BCUT2D eigenvalue weighted by Crippen LogP contribution is 2.23. The minimum Gasteiger partial charge on any atom is -0.497 e. The number of amides is 1. The number of methoxy groups -OCH3 is 2. The van der Waals surface area contributed by atoms with E-state index in [2.05, 4.69) is 10.3 Å². The first-order valence-electron chi connectivity index (χ1n) is 8.21. The van der Waals surface area contributed by atoms with E-state index in [1.165, 1.54) is 0 Å². The highest BCUT2D eigenvalue weighted by Gasteiger charge is 2.10. The summed E-state index contributed by atoms with van der Waals surface area (Å²) in [6.45, 7) is 0. The molecule has 6 nitrogen and oxygen atoms in total. The second-order valence-electron chi connectivity index (χ2n) is 5.63. The van der Waals surface area contributed by atoms with E-state index in [-0.39, 0.29) is 12.3 Å². The third-order valence-electron chi connectivity index (χ3n) is 3.85. The fraction of sp³-hybridized carbons (Fsp3) is 0.200. The van der Waals surface area contributed by atoms with Gasteiger partial charge in [0.1, 0.15) is 11.5 Å². The Kier molecular flexibility index (Phi) is 5.53. The van der Waals surface area contributed by atoms with Gasteiger partial charge in [-0.15, -0.1) is 0 Å². The Hall–Kier alpha value is -3.28. The van der Waals surface area contributed by atoms with Crippen LogP contribution in [0.15, 0.2) is 59.1 Å². The zero-order chi connectivity index (χ0) is 18.4. The molecule has 1 N–H and O–H groups in total. The van der Waals surface area contributed by atoms with E-state index in [4.69, 9.17) is 13.9 Å². The molecule has 1 aromatic heterocycles. The van der Waals surface area contributed by atoms with Gasteiger partial charge in [0.05, 0.1) is 20.4 Å². The number of aryl methyl sites for hydroxylation is 1. The quantitative estimate of drug-likeness (QED) is 0.697. The largest absolute Gasteiger partial charge is 0.497 e. The number of nitrogens with zero attached hydrogens (tertiary/aromatic N) is 1. The SMILES string of the molecule is COc1ccc(-c2cnc(CCC(=O)Nc3cccc(OC)c3)o2)cc1. The molecule has 0 aliphatic heterocycles. The van der Waals surface area contributed by atoms with E-state index in [1.54, 1.807) is 26.5 Å². The first-order chi connectivity index (χ1) is 12.7. The monoisotopic (exact) mass is 352 g/mol. The zero-order valence-electron chi connectivity index (χ0n) is 14.7. The molecule has 0 saturated heterocycles. The molecule has 134 valence electrons. The molecule has 3 rings (SSSR count). The zero-order valence-corrected chi connectivity index (χ0v) is 14.7. The minimum absolute atomic E-state index is 0.109. The number of ether oxygens (including phenoxy) is 2. The number of hydrogen-bond acceptors (Lipinski definition) is 5. The lowest BCUT2D eigenvalue weighted by molar-refractivity contribution is -0.116. The Morgan fingerprint density at radius 2 is 1.85 bits per heavy atom. The number of hydrogen-bond donors (Lipinski definition) is 1. The highest BCUT2D eigenvalue weighted by molar-refractivity contribution is 5.90. The smallest absolute Gasteiger partial charge is 0.224 e. The van der Waals surface area contributed by atoms with E-state index >= 15 is 0 Å². The van der Waals surface area contributed by atoms with Crippen LogP contribution >= 0.6 is 0 Å². The number of benzene rings is 2. The first-order valence-corrected chi connectivity index (χ1v) is 8.21. The molecule has 0 aliphatic carbocycles. The fourth-order valence-corrected chi connectivity index (χ4v) is 2.46.